The lowest BCUT2D eigenvalue weighted by Gasteiger charge is -2.12. The van der Waals surface area contributed by atoms with E-state index in [2.05, 4.69) is 0 Å². The molecule has 0 saturated heterocycles. The molecule has 0 aliphatic rings. The summed E-state index contributed by atoms with van der Waals surface area (Å²) in [5.41, 5.74) is 6.69. The summed E-state index contributed by atoms with van der Waals surface area (Å²) in [5.74, 6) is 0.636. The van der Waals surface area contributed by atoms with Crippen molar-refractivity contribution in [2.75, 3.05) is 33.0 Å². The lowest BCUT2D eigenvalue weighted by Crippen LogP contribution is -2.19. The normalized spacial score (nSPS) is 10.5. The standard InChI is InChI=1S/C12H18N2O2/c1-9(15)11-8-10(4-5-12(11)13)16-7-6-14(2)3/h4-5,8H,6-7,13H2,1-3H3. The molecule has 16 heavy (non-hydrogen) atoms. The molecule has 0 heterocycles. The van der Waals surface area contributed by atoms with Crippen molar-refractivity contribution in [3.8, 4) is 5.75 Å². The second kappa shape index (κ2) is 5.51. The Labute approximate surface area is 96.0 Å². The van der Waals surface area contributed by atoms with Crippen molar-refractivity contribution < 1.29 is 9.53 Å². The van der Waals surface area contributed by atoms with Crippen molar-refractivity contribution >= 4 is 11.5 Å². The molecule has 0 bridgehead atoms. The van der Waals surface area contributed by atoms with Gasteiger partial charge in [-0.05, 0) is 39.2 Å². The summed E-state index contributed by atoms with van der Waals surface area (Å²) in [6, 6.07) is 5.16. The van der Waals surface area contributed by atoms with Crippen LogP contribution in [0.2, 0.25) is 0 Å². The van der Waals surface area contributed by atoms with Gasteiger partial charge < -0.3 is 15.4 Å². The number of hydrogen-bond acceptors (Lipinski definition) is 4. The van der Waals surface area contributed by atoms with Crippen molar-refractivity contribution in [3.63, 3.8) is 0 Å². The average Bonchev–Trinajstić information content (AvgIpc) is 2.19. The number of hydrogen-bond donors (Lipinski definition) is 1. The number of nitrogens with zero attached hydrogens (tertiary/aromatic N) is 1. The molecule has 1 rings (SSSR count). The van der Waals surface area contributed by atoms with Crippen LogP contribution in [0.5, 0.6) is 5.75 Å². The molecule has 4 heteroatoms. The predicted molar refractivity (Wildman–Crippen MR) is 64.9 cm³/mol. The number of Topliss-reactive ketones (excluding diaryl/α,β-unsaturated/α-hetero) is 1. The molecule has 0 spiro atoms. The highest BCUT2D eigenvalue weighted by Gasteiger charge is 2.06. The number of rotatable bonds is 5. The van der Waals surface area contributed by atoms with Crippen molar-refractivity contribution in [1.29, 1.82) is 0 Å². The predicted octanol–water partition coefficient (Wildman–Crippen LogP) is 1.41. The molecule has 0 amide bonds. The minimum absolute atomic E-state index is 0.0458. The van der Waals surface area contributed by atoms with Crippen LogP contribution in [0.25, 0.3) is 0 Å². The van der Waals surface area contributed by atoms with Crippen molar-refractivity contribution in [2.45, 2.75) is 6.92 Å². The third-order valence-corrected chi connectivity index (χ3v) is 2.21. The van der Waals surface area contributed by atoms with Crippen LogP contribution in [-0.4, -0.2) is 37.9 Å². The Morgan fingerprint density at radius 1 is 1.44 bits per heavy atom. The van der Waals surface area contributed by atoms with Gasteiger partial charge >= 0.3 is 0 Å². The number of benzene rings is 1. The van der Waals surface area contributed by atoms with E-state index in [0.717, 1.165) is 6.54 Å². The molecule has 88 valence electrons. The molecule has 0 aliphatic heterocycles. The molecule has 0 radical (unpaired) electrons. The monoisotopic (exact) mass is 222 g/mol. The van der Waals surface area contributed by atoms with Gasteiger partial charge in [0, 0.05) is 17.8 Å². The van der Waals surface area contributed by atoms with Gasteiger partial charge in [0.05, 0.1) is 0 Å². The maximum Gasteiger partial charge on any atom is 0.162 e. The van der Waals surface area contributed by atoms with E-state index in [1.165, 1.54) is 6.92 Å². The van der Waals surface area contributed by atoms with E-state index >= 15 is 0 Å². The number of likely N-dealkylation sites (N-methyl/N-ethyl adjacent to an activating group) is 1. The first-order chi connectivity index (χ1) is 7.50. The second-order valence-electron chi connectivity index (χ2n) is 3.96. The minimum atomic E-state index is -0.0458. The Hall–Kier alpha value is -1.55. The molecule has 1 aromatic carbocycles. The molecule has 0 aromatic heterocycles. The molecular weight excluding hydrogens is 204 g/mol. The van der Waals surface area contributed by atoms with Gasteiger partial charge in [0.25, 0.3) is 0 Å². The highest BCUT2D eigenvalue weighted by atomic mass is 16.5. The quantitative estimate of drug-likeness (QED) is 0.604. The highest BCUT2D eigenvalue weighted by Crippen LogP contribution is 2.20. The van der Waals surface area contributed by atoms with Crippen LogP contribution in [0.4, 0.5) is 5.69 Å². The maximum atomic E-state index is 11.3. The summed E-state index contributed by atoms with van der Waals surface area (Å²) in [6.45, 7) is 2.92. The number of ether oxygens (including phenoxy) is 1. The van der Waals surface area contributed by atoms with Gasteiger partial charge in [-0.25, -0.2) is 0 Å². The number of ketones is 1. The molecule has 2 N–H and O–H groups in total. The topological polar surface area (TPSA) is 55.6 Å². The molecular formula is C12H18N2O2. The van der Waals surface area contributed by atoms with Gasteiger partial charge in [-0.1, -0.05) is 0 Å². The van der Waals surface area contributed by atoms with Gasteiger partial charge in [-0.2, -0.15) is 0 Å². The van der Waals surface area contributed by atoms with E-state index < -0.39 is 0 Å². The first kappa shape index (κ1) is 12.5. The van der Waals surface area contributed by atoms with Gasteiger partial charge in [0.1, 0.15) is 12.4 Å². The maximum absolute atomic E-state index is 11.3. The smallest absolute Gasteiger partial charge is 0.162 e. The summed E-state index contributed by atoms with van der Waals surface area (Å²) in [7, 11) is 3.96. The average molecular weight is 222 g/mol. The fourth-order valence-corrected chi connectivity index (χ4v) is 1.28. The molecule has 0 saturated carbocycles. The Morgan fingerprint density at radius 3 is 2.69 bits per heavy atom. The summed E-state index contributed by atoms with van der Waals surface area (Å²) in [5, 5.41) is 0. The fraction of sp³-hybridized carbons (Fsp3) is 0.417. The van der Waals surface area contributed by atoms with E-state index in [0.29, 0.717) is 23.6 Å². The van der Waals surface area contributed by atoms with Crippen LogP contribution in [0.3, 0.4) is 0 Å². The summed E-state index contributed by atoms with van der Waals surface area (Å²) in [6.07, 6.45) is 0. The lowest BCUT2D eigenvalue weighted by atomic mass is 10.1. The number of carbonyl (C=O) groups is 1. The molecule has 0 atom stereocenters. The van der Waals surface area contributed by atoms with Crippen LogP contribution in [0, 0.1) is 0 Å². The zero-order valence-corrected chi connectivity index (χ0v) is 9.99. The lowest BCUT2D eigenvalue weighted by molar-refractivity contribution is 0.101. The van der Waals surface area contributed by atoms with Crippen LogP contribution >= 0.6 is 0 Å². The fourth-order valence-electron chi connectivity index (χ4n) is 1.28. The first-order valence-electron chi connectivity index (χ1n) is 5.18. The minimum Gasteiger partial charge on any atom is -0.492 e. The highest BCUT2D eigenvalue weighted by molar-refractivity contribution is 5.99. The van der Waals surface area contributed by atoms with Crippen LogP contribution < -0.4 is 10.5 Å². The number of nitrogens with two attached hydrogens (primary N) is 1. The van der Waals surface area contributed by atoms with Crippen LogP contribution in [-0.2, 0) is 0 Å². The number of anilines is 1. The Bertz CT molecular complexity index is 375. The largest absolute Gasteiger partial charge is 0.492 e. The van der Waals surface area contributed by atoms with E-state index in [9.17, 15) is 4.79 Å². The molecule has 1 aromatic rings. The van der Waals surface area contributed by atoms with Gasteiger partial charge in [-0.3, -0.25) is 4.79 Å². The third-order valence-electron chi connectivity index (χ3n) is 2.21. The van der Waals surface area contributed by atoms with Gasteiger partial charge in [0.2, 0.25) is 0 Å². The van der Waals surface area contributed by atoms with Crippen LogP contribution in [0.15, 0.2) is 18.2 Å². The Kier molecular flexibility index (Phi) is 4.31. The molecule has 4 nitrogen and oxygen atoms in total. The summed E-state index contributed by atoms with van der Waals surface area (Å²) >= 11 is 0. The van der Waals surface area contributed by atoms with E-state index in [-0.39, 0.29) is 5.78 Å². The van der Waals surface area contributed by atoms with Crippen molar-refractivity contribution in [1.82, 2.24) is 4.90 Å². The molecule has 0 aliphatic carbocycles. The van der Waals surface area contributed by atoms with Crippen LogP contribution in [0.1, 0.15) is 17.3 Å². The Balaban J connectivity index is 2.68. The second-order valence-corrected chi connectivity index (χ2v) is 3.96. The summed E-state index contributed by atoms with van der Waals surface area (Å²) in [4.78, 5) is 13.3. The van der Waals surface area contributed by atoms with E-state index in [4.69, 9.17) is 10.5 Å². The first-order valence-corrected chi connectivity index (χ1v) is 5.18. The summed E-state index contributed by atoms with van der Waals surface area (Å²) < 4.78 is 5.51. The third kappa shape index (κ3) is 3.55. The van der Waals surface area contributed by atoms with Gasteiger partial charge in [0.15, 0.2) is 5.78 Å². The Morgan fingerprint density at radius 2 is 2.12 bits per heavy atom. The zero-order valence-electron chi connectivity index (χ0n) is 9.99. The zero-order chi connectivity index (χ0) is 12.1. The SMILES string of the molecule is CC(=O)c1cc(OCCN(C)C)ccc1N. The van der Waals surface area contributed by atoms with Crippen molar-refractivity contribution in [2.24, 2.45) is 0 Å². The van der Waals surface area contributed by atoms with E-state index in [1.807, 2.05) is 19.0 Å². The molecule has 0 unspecified atom stereocenters. The van der Waals surface area contributed by atoms with E-state index in [1.54, 1.807) is 18.2 Å². The number of carbonyl (C=O) groups excluding carboxylic acids is 1. The van der Waals surface area contributed by atoms with Gasteiger partial charge in [-0.15, -0.1) is 0 Å². The van der Waals surface area contributed by atoms with Crippen molar-refractivity contribution in [3.05, 3.63) is 23.8 Å². The molecule has 0 fully saturated rings. The number of nitrogen functional groups attached to an aromatic ring is 1.